The van der Waals surface area contributed by atoms with Gasteiger partial charge < -0.3 is 10.1 Å². The first-order valence-corrected chi connectivity index (χ1v) is 7.44. The minimum atomic E-state index is -1.12. The Kier molecular flexibility index (Phi) is 6.16. The van der Waals surface area contributed by atoms with E-state index in [-0.39, 0.29) is 24.0 Å². The Morgan fingerprint density at radius 2 is 1.72 bits per heavy atom. The molecule has 0 aliphatic rings. The van der Waals surface area contributed by atoms with Crippen molar-refractivity contribution in [2.45, 2.75) is 18.9 Å². The summed E-state index contributed by atoms with van der Waals surface area (Å²) >= 11 is 0. The normalized spacial score (nSPS) is 11.7. The van der Waals surface area contributed by atoms with Gasteiger partial charge in [0.2, 0.25) is 5.91 Å². The number of benzene rings is 2. The molecule has 25 heavy (non-hydrogen) atoms. The summed E-state index contributed by atoms with van der Waals surface area (Å²) in [4.78, 5) is 23.9. The number of carbonyl (C=O) groups is 2. The van der Waals surface area contributed by atoms with Gasteiger partial charge in [0.15, 0.2) is 0 Å². The fourth-order valence-electron chi connectivity index (χ4n) is 2.36. The third-order valence-corrected chi connectivity index (χ3v) is 3.49. The van der Waals surface area contributed by atoms with E-state index in [9.17, 15) is 22.8 Å². The standard InChI is InChI=1S/C18H16F3NO3/c1-25-18(24)16(9-12-4-2-3-5-15(12)21)22-17(23)8-11-6-13(19)10-14(20)7-11/h2-7,10,16H,8-9H2,1H3,(H,22,23)/t16-/m0/s1. The highest BCUT2D eigenvalue weighted by atomic mass is 19.1. The monoisotopic (exact) mass is 351 g/mol. The lowest BCUT2D eigenvalue weighted by molar-refractivity contribution is -0.145. The number of nitrogens with one attached hydrogen (secondary N) is 1. The Labute approximate surface area is 142 Å². The van der Waals surface area contributed by atoms with Gasteiger partial charge in [-0.25, -0.2) is 18.0 Å². The molecule has 0 spiro atoms. The first-order chi connectivity index (χ1) is 11.9. The molecule has 1 amide bonds. The van der Waals surface area contributed by atoms with Gasteiger partial charge in [-0.1, -0.05) is 18.2 Å². The van der Waals surface area contributed by atoms with Gasteiger partial charge in [0.25, 0.3) is 0 Å². The van der Waals surface area contributed by atoms with E-state index in [1.165, 1.54) is 18.2 Å². The molecule has 0 aromatic heterocycles. The van der Waals surface area contributed by atoms with Crippen LogP contribution in [0.5, 0.6) is 0 Å². The first-order valence-electron chi connectivity index (χ1n) is 7.44. The van der Waals surface area contributed by atoms with E-state index in [0.717, 1.165) is 19.2 Å². The minimum Gasteiger partial charge on any atom is -0.467 e. The van der Waals surface area contributed by atoms with E-state index in [0.29, 0.717) is 6.07 Å². The summed E-state index contributed by atoms with van der Waals surface area (Å²) in [5, 5.41) is 2.41. The van der Waals surface area contributed by atoms with E-state index < -0.39 is 35.4 Å². The zero-order valence-corrected chi connectivity index (χ0v) is 13.4. The predicted octanol–water partition coefficient (Wildman–Crippen LogP) is 2.55. The molecule has 2 aromatic carbocycles. The van der Waals surface area contributed by atoms with E-state index in [2.05, 4.69) is 10.1 Å². The molecule has 0 unspecified atom stereocenters. The fraction of sp³-hybridized carbons (Fsp3) is 0.222. The number of amides is 1. The van der Waals surface area contributed by atoms with Gasteiger partial charge in [-0.05, 0) is 29.3 Å². The van der Waals surface area contributed by atoms with Crippen LogP contribution in [0.25, 0.3) is 0 Å². The number of halogens is 3. The summed E-state index contributed by atoms with van der Waals surface area (Å²) in [5.41, 5.74) is 0.347. The Morgan fingerprint density at radius 3 is 2.32 bits per heavy atom. The summed E-state index contributed by atoms with van der Waals surface area (Å²) in [6.07, 6.45) is -0.442. The molecular weight excluding hydrogens is 335 g/mol. The maximum absolute atomic E-state index is 13.7. The quantitative estimate of drug-likeness (QED) is 0.814. The molecule has 2 aromatic rings. The highest BCUT2D eigenvalue weighted by Crippen LogP contribution is 2.11. The maximum Gasteiger partial charge on any atom is 0.328 e. The molecule has 0 saturated heterocycles. The highest BCUT2D eigenvalue weighted by molar-refractivity contribution is 5.85. The lowest BCUT2D eigenvalue weighted by Gasteiger charge is -2.17. The zero-order chi connectivity index (χ0) is 18.4. The van der Waals surface area contributed by atoms with Crippen LogP contribution in [0, 0.1) is 17.5 Å². The number of rotatable bonds is 6. The van der Waals surface area contributed by atoms with Crippen molar-refractivity contribution in [3.63, 3.8) is 0 Å². The van der Waals surface area contributed by atoms with Crippen molar-refractivity contribution in [3.05, 3.63) is 71.0 Å². The summed E-state index contributed by atoms with van der Waals surface area (Å²) in [6, 6.07) is 7.44. The van der Waals surface area contributed by atoms with Gasteiger partial charge in [-0.3, -0.25) is 4.79 Å². The number of carbonyl (C=O) groups excluding carboxylic acids is 2. The van der Waals surface area contributed by atoms with E-state index in [1.807, 2.05) is 0 Å². The first kappa shape index (κ1) is 18.5. The number of ether oxygens (including phenoxy) is 1. The average Bonchev–Trinajstić information content (AvgIpc) is 2.54. The van der Waals surface area contributed by atoms with Crippen molar-refractivity contribution in [2.24, 2.45) is 0 Å². The van der Waals surface area contributed by atoms with Gasteiger partial charge >= 0.3 is 5.97 Å². The Balaban J connectivity index is 2.09. The van der Waals surface area contributed by atoms with Crippen LogP contribution in [0.15, 0.2) is 42.5 Å². The summed E-state index contributed by atoms with van der Waals surface area (Å²) in [5.74, 6) is -3.52. The second-order valence-electron chi connectivity index (χ2n) is 5.39. The number of hydrogen-bond donors (Lipinski definition) is 1. The summed E-state index contributed by atoms with van der Waals surface area (Å²) < 4.78 is 44.7. The molecular formula is C18H16F3NO3. The lowest BCUT2D eigenvalue weighted by Crippen LogP contribution is -2.43. The van der Waals surface area contributed by atoms with Crippen LogP contribution >= 0.6 is 0 Å². The smallest absolute Gasteiger partial charge is 0.328 e. The third kappa shape index (κ3) is 5.34. The number of methoxy groups -OCH3 is 1. The van der Waals surface area contributed by atoms with Crippen LogP contribution in [0.2, 0.25) is 0 Å². The van der Waals surface area contributed by atoms with Gasteiger partial charge in [0.1, 0.15) is 23.5 Å². The van der Waals surface area contributed by atoms with Crippen LogP contribution in [-0.4, -0.2) is 25.0 Å². The van der Waals surface area contributed by atoms with Crippen molar-refractivity contribution >= 4 is 11.9 Å². The second kappa shape index (κ2) is 8.32. The molecule has 0 aliphatic heterocycles. The lowest BCUT2D eigenvalue weighted by atomic mass is 10.0. The SMILES string of the molecule is COC(=O)[C@H](Cc1ccccc1F)NC(=O)Cc1cc(F)cc(F)c1. The Bertz CT molecular complexity index is 760. The molecule has 0 bridgehead atoms. The number of esters is 1. The van der Waals surface area contributed by atoms with Crippen LogP contribution in [-0.2, 0) is 27.2 Å². The molecule has 2 rings (SSSR count). The van der Waals surface area contributed by atoms with Gasteiger partial charge in [-0.2, -0.15) is 0 Å². The van der Waals surface area contributed by atoms with Crippen LogP contribution in [0.3, 0.4) is 0 Å². The van der Waals surface area contributed by atoms with Gasteiger partial charge in [-0.15, -0.1) is 0 Å². The molecule has 7 heteroatoms. The highest BCUT2D eigenvalue weighted by Gasteiger charge is 2.23. The molecule has 0 radical (unpaired) electrons. The summed E-state index contributed by atoms with van der Waals surface area (Å²) in [7, 11) is 1.14. The molecule has 1 atom stereocenters. The number of hydrogen-bond acceptors (Lipinski definition) is 3. The minimum absolute atomic E-state index is 0.109. The molecule has 1 N–H and O–H groups in total. The van der Waals surface area contributed by atoms with E-state index in [1.54, 1.807) is 6.07 Å². The fourth-order valence-corrected chi connectivity index (χ4v) is 2.36. The average molecular weight is 351 g/mol. The maximum atomic E-state index is 13.7. The predicted molar refractivity (Wildman–Crippen MR) is 84.1 cm³/mol. The van der Waals surface area contributed by atoms with E-state index >= 15 is 0 Å². The molecule has 0 saturated carbocycles. The van der Waals surface area contributed by atoms with Crippen molar-refractivity contribution < 1.29 is 27.5 Å². The van der Waals surface area contributed by atoms with Gasteiger partial charge in [0.05, 0.1) is 13.5 Å². The third-order valence-electron chi connectivity index (χ3n) is 3.49. The molecule has 4 nitrogen and oxygen atoms in total. The Morgan fingerprint density at radius 1 is 1.08 bits per heavy atom. The van der Waals surface area contributed by atoms with Crippen LogP contribution in [0.4, 0.5) is 13.2 Å². The summed E-state index contributed by atoms with van der Waals surface area (Å²) in [6.45, 7) is 0. The van der Waals surface area contributed by atoms with Crippen molar-refractivity contribution in [2.75, 3.05) is 7.11 Å². The molecule has 0 fully saturated rings. The molecule has 132 valence electrons. The van der Waals surface area contributed by atoms with Crippen LogP contribution in [0.1, 0.15) is 11.1 Å². The Hall–Kier alpha value is -2.83. The topological polar surface area (TPSA) is 55.4 Å². The van der Waals surface area contributed by atoms with Crippen molar-refractivity contribution in [1.82, 2.24) is 5.32 Å². The van der Waals surface area contributed by atoms with Gasteiger partial charge in [0, 0.05) is 12.5 Å². The van der Waals surface area contributed by atoms with Crippen LogP contribution < -0.4 is 5.32 Å². The largest absolute Gasteiger partial charge is 0.467 e. The second-order valence-corrected chi connectivity index (χ2v) is 5.39. The van der Waals surface area contributed by atoms with Crippen molar-refractivity contribution in [1.29, 1.82) is 0 Å². The molecule has 0 heterocycles. The molecule has 0 aliphatic carbocycles. The van der Waals surface area contributed by atoms with Crippen molar-refractivity contribution in [3.8, 4) is 0 Å². The van der Waals surface area contributed by atoms with E-state index in [4.69, 9.17) is 0 Å². The zero-order valence-electron chi connectivity index (χ0n) is 13.4.